The molecule has 0 aliphatic carbocycles. The Balaban J connectivity index is 1.91. The molecular formula is C17H30N4O2. The first kappa shape index (κ1) is 17.9. The first-order valence-corrected chi connectivity index (χ1v) is 8.57. The van der Waals surface area contributed by atoms with Crippen LogP contribution in [0.25, 0.3) is 0 Å². The summed E-state index contributed by atoms with van der Waals surface area (Å²) in [5.41, 5.74) is 0. The molecule has 0 aromatic carbocycles. The van der Waals surface area contributed by atoms with Crippen LogP contribution in [-0.4, -0.2) is 48.5 Å². The van der Waals surface area contributed by atoms with Gasteiger partial charge in [-0.05, 0) is 32.1 Å². The lowest BCUT2D eigenvalue weighted by Gasteiger charge is -2.35. The van der Waals surface area contributed by atoms with E-state index >= 15 is 0 Å². The molecule has 0 bridgehead atoms. The van der Waals surface area contributed by atoms with Crippen molar-refractivity contribution in [1.82, 2.24) is 9.97 Å². The number of ether oxygens (including phenoxy) is 2. The smallest absolute Gasteiger partial charge is 0.131 e. The van der Waals surface area contributed by atoms with Crippen molar-refractivity contribution in [1.29, 1.82) is 0 Å². The summed E-state index contributed by atoms with van der Waals surface area (Å²) < 4.78 is 11.2. The van der Waals surface area contributed by atoms with Crippen LogP contribution in [0.1, 0.15) is 40.0 Å². The van der Waals surface area contributed by atoms with Crippen LogP contribution in [0.15, 0.2) is 12.4 Å². The third-order valence-electron chi connectivity index (χ3n) is 4.28. The van der Waals surface area contributed by atoms with E-state index in [1.807, 2.05) is 6.07 Å². The summed E-state index contributed by atoms with van der Waals surface area (Å²) in [7, 11) is 1.73. The Labute approximate surface area is 139 Å². The minimum absolute atomic E-state index is 0.234. The second kappa shape index (κ2) is 9.03. The van der Waals surface area contributed by atoms with Crippen molar-refractivity contribution in [3.8, 4) is 0 Å². The molecule has 1 saturated heterocycles. The molecule has 3 unspecified atom stereocenters. The first-order valence-electron chi connectivity index (χ1n) is 8.57. The van der Waals surface area contributed by atoms with Crippen LogP contribution in [0.2, 0.25) is 0 Å². The van der Waals surface area contributed by atoms with E-state index in [2.05, 4.69) is 41.4 Å². The third kappa shape index (κ3) is 5.62. The zero-order valence-electron chi connectivity index (χ0n) is 14.7. The van der Waals surface area contributed by atoms with Crippen molar-refractivity contribution in [2.24, 2.45) is 5.92 Å². The molecule has 0 amide bonds. The van der Waals surface area contributed by atoms with E-state index in [9.17, 15) is 0 Å². The Hall–Kier alpha value is -1.40. The maximum Gasteiger partial charge on any atom is 0.131 e. The average Bonchev–Trinajstić information content (AvgIpc) is 2.55. The van der Waals surface area contributed by atoms with Crippen LogP contribution >= 0.6 is 0 Å². The maximum absolute atomic E-state index is 5.92. The molecule has 23 heavy (non-hydrogen) atoms. The second-order valence-electron chi connectivity index (χ2n) is 6.52. The molecule has 1 aromatic rings. The van der Waals surface area contributed by atoms with E-state index in [0.29, 0.717) is 12.0 Å². The number of rotatable bonds is 8. The normalized spacial score (nSPS) is 22.8. The van der Waals surface area contributed by atoms with Crippen LogP contribution in [0.5, 0.6) is 0 Å². The van der Waals surface area contributed by atoms with Gasteiger partial charge in [-0.3, -0.25) is 0 Å². The minimum atomic E-state index is 0.234. The van der Waals surface area contributed by atoms with Crippen molar-refractivity contribution >= 4 is 11.6 Å². The van der Waals surface area contributed by atoms with Gasteiger partial charge in [-0.1, -0.05) is 13.8 Å². The van der Waals surface area contributed by atoms with Gasteiger partial charge in [0.25, 0.3) is 0 Å². The molecule has 1 aliphatic rings. The number of hydrogen-bond acceptors (Lipinski definition) is 6. The van der Waals surface area contributed by atoms with E-state index in [1.54, 1.807) is 13.4 Å². The van der Waals surface area contributed by atoms with E-state index in [1.165, 1.54) is 0 Å². The van der Waals surface area contributed by atoms with Crippen LogP contribution in [0.4, 0.5) is 11.6 Å². The van der Waals surface area contributed by atoms with Crippen molar-refractivity contribution in [3.63, 3.8) is 0 Å². The summed E-state index contributed by atoms with van der Waals surface area (Å²) in [5, 5.41) is 6.84. The molecule has 1 aromatic heterocycles. The van der Waals surface area contributed by atoms with Gasteiger partial charge in [0, 0.05) is 26.3 Å². The van der Waals surface area contributed by atoms with E-state index in [0.717, 1.165) is 44.0 Å². The average molecular weight is 322 g/mol. The Kier molecular flexibility index (Phi) is 7.05. The number of aromatic nitrogens is 2. The van der Waals surface area contributed by atoms with Gasteiger partial charge in [-0.25, -0.2) is 9.97 Å². The van der Waals surface area contributed by atoms with Gasteiger partial charge in [-0.2, -0.15) is 0 Å². The minimum Gasteiger partial charge on any atom is -0.382 e. The second-order valence-corrected chi connectivity index (χ2v) is 6.52. The summed E-state index contributed by atoms with van der Waals surface area (Å²) in [6.07, 6.45) is 5.21. The molecule has 2 heterocycles. The lowest BCUT2D eigenvalue weighted by atomic mass is 9.94. The highest BCUT2D eigenvalue weighted by Gasteiger charge is 2.28. The van der Waals surface area contributed by atoms with Crippen LogP contribution in [-0.2, 0) is 9.47 Å². The Morgan fingerprint density at radius 1 is 1.30 bits per heavy atom. The molecular weight excluding hydrogens is 292 g/mol. The zero-order chi connectivity index (χ0) is 16.7. The van der Waals surface area contributed by atoms with Crippen molar-refractivity contribution in [2.75, 3.05) is 30.9 Å². The SMILES string of the molecule is COC(C)CCNc1cc(NC2CCCOC2C(C)C)ncn1. The molecule has 0 spiro atoms. The summed E-state index contributed by atoms with van der Waals surface area (Å²) in [4.78, 5) is 8.62. The van der Waals surface area contributed by atoms with Crippen molar-refractivity contribution in [3.05, 3.63) is 12.4 Å². The van der Waals surface area contributed by atoms with Crippen molar-refractivity contribution in [2.45, 2.75) is 58.3 Å². The predicted octanol–water partition coefficient (Wildman–Crippen LogP) is 2.93. The van der Waals surface area contributed by atoms with Crippen molar-refractivity contribution < 1.29 is 9.47 Å². The van der Waals surface area contributed by atoms with Gasteiger partial charge < -0.3 is 20.1 Å². The number of methoxy groups -OCH3 is 1. The fourth-order valence-corrected chi connectivity index (χ4v) is 2.86. The molecule has 130 valence electrons. The van der Waals surface area contributed by atoms with Gasteiger partial charge in [-0.15, -0.1) is 0 Å². The quantitative estimate of drug-likeness (QED) is 0.767. The van der Waals surface area contributed by atoms with Gasteiger partial charge in [0.05, 0.1) is 18.2 Å². The molecule has 0 radical (unpaired) electrons. The molecule has 2 N–H and O–H groups in total. The fourth-order valence-electron chi connectivity index (χ4n) is 2.86. The molecule has 6 heteroatoms. The summed E-state index contributed by atoms with van der Waals surface area (Å²) in [5.74, 6) is 2.18. The monoisotopic (exact) mass is 322 g/mol. The highest BCUT2D eigenvalue weighted by molar-refractivity contribution is 5.47. The third-order valence-corrected chi connectivity index (χ3v) is 4.28. The summed E-state index contributed by atoms with van der Waals surface area (Å²) >= 11 is 0. The van der Waals surface area contributed by atoms with Crippen LogP contribution < -0.4 is 10.6 Å². The first-order chi connectivity index (χ1) is 11.1. The number of nitrogens with zero attached hydrogens (tertiary/aromatic N) is 2. The maximum atomic E-state index is 5.92. The lowest BCUT2D eigenvalue weighted by Crippen LogP contribution is -2.43. The van der Waals surface area contributed by atoms with E-state index < -0.39 is 0 Å². The molecule has 0 saturated carbocycles. The number of anilines is 2. The Morgan fingerprint density at radius 2 is 2.09 bits per heavy atom. The summed E-state index contributed by atoms with van der Waals surface area (Å²) in [6, 6.07) is 2.27. The molecule has 6 nitrogen and oxygen atoms in total. The van der Waals surface area contributed by atoms with Crippen LogP contribution in [0.3, 0.4) is 0 Å². The van der Waals surface area contributed by atoms with Gasteiger partial charge in [0.15, 0.2) is 0 Å². The molecule has 1 fully saturated rings. The Morgan fingerprint density at radius 3 is 2.83 bits per heavy atom. The standard InChI is InChI=1S/C17H30N4O2/c1-12(2)17-14(6-5-9-23-17)21-16-10-15(19-11-20-16)18-8-7-13(3)22-4/h10-14,17H,5-9H2,1-4H3,(H2,18,19,20,21). The molecule has 3 atom stereocenters. The highest BCUT2D eigenvalue weighted by Crippen LogP contribution is 2.23. The molecule has 2 rings (SSSR count). The summed E-state index contributed by atoms with van der Waals surface area (Å²) in [6.45, 7) is 8.15. The largest absolute Gasteiger partial charge is 0.382 e. The topological polar surface area (TPSA) is 68.3 Å². The molecule has 1 aliphatic heterocycles. The van der Waals surface area contributed by atoms with E-state index in [4.69, 9.17) is 9.47 Å². The van der Waals surface area contributed by atoms with Gasteiger partial charge >= 0.3 is 0 Å². The Bertz CT molecular complexity index is 470. The fraction of sp³-hybridized carbons (Fsp3) is 0.765. The van der Waals surface area contributed by atoms with E-state index in [-0.39, 0.29) is 12.2 Å². The zero-order valence-corrected chi connectivity index (χ0v) is 14.7. The predicted molar refractivity (Wildman–Crippen MR) is 92.8 cm³/mol. The highest BCUT2D eigenvalue weighted by atomic mass is 16.5. The van der Waals surface area contributed by atoms with Gasteiger partial charge in [0.2, 0.25) is 0 Å². The van der Waals surface area contributed by atoms with Crippen LogP contribution in [0, 0.1) is 5.92 Å². The number of hydrogen-bond donors (Lipinski definition) is 2. The lowest BCUT2D eigenvalue weighted by molar-refractivity contribution is -0.0203. The van der Waals surface area contributed by atoms with Gasteiger partial charge in [0.1, 0.15) is 18.0 Å². The number of nitrogens with one attached hydrogen (secondary N) is 2.